The molecule has 0 bridgehead atoms. The van der Waals surface area contributed by atoms with Crippen LogP contribution in [0.1, 0.15) is 27.7 Å². The molecule has 0 spiro atoms. The van der Waals surface area contributed by atoms with Crippen molar-refractivity contribution in [2.75, 3.05) is 7.05 Å². The molecule has 0 aliphatic carbocycles. The van der Waals surface area contributed by atoms with Crippen molar-refractivity contribution in [2.24, 2.45) is 0 Å². The van der Waals surface area contributed by atoms with Gasteiger partial charge >= 0.3 is 0 Å². The Hall–Kier alpha value is -1.06. The molecule has 0 aromatic rings. The van der Waals surface area contributed by atoms with E-state index in [1.54, 1.807) is 34.7 Å². The minimum atomic E-state index is -0.776. The Balaban J connectivity index is 3.07. The Morgan fingerprint density at radius 3 is 2.08 bits per heavy atom. The third-order valence-corrected chi connectivity index (χ3v) is 2.66. The molecule has 0 aromatic carbocycles. The number of amides is 2. The van der Waals surface area contributed by atoms with Crippen LogP contribution in [0.3, 0.4) is 0 Å². The first-order valence-electron chi connectivity index (χ1n) is 4.30. The van der Waals surface area contributed by atoms with Crippen molar-refractivity contribution in [3.8, 4) is 0 Å². The van der Waals surface area contributed by atoms with Crippen molar-refractivity contribution in [3.63, 3.8) is 0 Å². The van der Waals surface area contributed by atoms with E-state index in [-0.39, 0.29) is 11.8 Å². The van der Waals surface area contributed by atoms with Crippen LogP contribution in [0.4, 0.5) is 0 Å². The Morgan fingerprint density at radius 1 is 1.15 bits per heavy atom. The third-order valence-electron chi connectivity index (χ3n) is 2.66. The molecule has 2 amide bonds. The minimum Gasteiger partial charge on any atom is -0.340 e. The third kappa shape index (κ3) is 1.30. The number of carbonyl (C=O) groups is 2. The predicted octanol–water partition coefficient (Wildman–Crippen LogP) is 0.132. The van der Waals surface area contributed by atoms with Crippen molar-refractivity contribution < 1.29 is 9.59 Å². The Morgan fingerprint density at radius 2 is 1.62 bits per heavy atom. The highest BCUT2D eigenvalue weighted by atomic mass is 16.2. The summed E-state index contributed by atoms with van der Waals surface area (Å²) < 4.78 is 0. The van der Waals surface area contributed by atoms with Gasteiger partial charge in [-0.3, -0.25) is 9.59 Å². The monoisotopic (exact) mass is 184 g/mol. The van der Waals surface area contributed by atoms with Gasteiger partial charge < -0.3 is 10.2 Å². The van der Waals surface area contributed by atoms with Gasteiger partial charge in [0, 0.05) is 7.05 Å². The van der Waals surface area contributed by atoms with Gasteiger partial charge in [0.25, 0.3) is 0 Å². The molecular formula is C9H16N2O2. The van der Waals surface area contributed by atoms with Gasteiger partial charge in [0.1, 0.15) is 11.1 Å². The van der Waals surface area contributed by atoms with E-state index >= 15 is 0 Å². The average molecular weight is 184 g/mol. The van der Waals surface area contributed by atoms with Gasteiger partial charge in [0.15, 0.2) is 0 Å². The summed E-state index contributed by atoms with van der Waals surface area (Å²) in [7, 11) is 1.66. The van der Waals surface area contributed by atoms with Crippen molar-refractivity contribution in [1.82, 2.24) is 10.2 Å². The van der Waals surface area contributed by atoms with Gasteiger partial charge in [0.2, 0.25) is 11.8 Å². The van der Waals surface area contributed by atoms with E-state index in [0.717, 1.165) is 0 Å². The van der Waals surface area contributed by atoms with Gasteiger partial charge in [0.05, 0.1) is 0 Å². The summed E-state index contributed by atoms with van der Waals surface area (Å²) >= 11 is 0. The maximum absolute atomic E-state index is 11.7. The van der Waals surface area contributed by atoms with Crippen LogP contribution < -0.4 is 5.32 Å². The number of nitrogens with one attached hydrogen (secondary N) is 1. The summed E-state index contributed by atoms with van der Waals surface area (Å²) in [6.45, 7) is 6.88. The Labute approximate surface area is 78.3 Å². The number of likely N-dealkylation sites (N-methyl/N-ethyl adjacent to an activating group) is 1. The number of carbonyl (C=O) groups excluding carboxylic acids is 2. The molecule has 4 heteroatoms. The lowest BCUT2D eigenvalue weighted by atomic mass is 9.90. The molecule has 13 heavy (non-hydrogen) atoms. The minimum absolute atomic E-state index is 0.0582. The lowest BCUT2D eigenvalue weighted by Crippen LogP contribution is -2.71. The van der Waals surface area contributed by atoms with E-state index in [0.29, 0.717) is 0 Å². The highest BCUT2D eigenvalue weighted by Gasteiger charge is 2.48. The van der Waals surface area contributed by atoms with Crippen LogP contribution in [-0.2, 0) is 9.59 Å². The molecule has 0 radical (unpaired) electrons. The Kier molecular flexibility index (Phi) is 1.90. The lowest BCUT2D eigenvalue weighted by molar-refractivity contribution is -0.157. The molecule has 74 valence electrons. The molecule has 1 rings (SSSR count). The summed E-state index contributed by atoms with van der Waals surface area (Å²) in [6.07, 6.45) is 0. The van der Waals surface area contributed by atoms with Gasteiger partial charge in [-0.1, -0.05) is 0 Å². The smallest absolute Gasteiger partial charge is 0.248 e. The molecule has 0 unspecified atom stereocenters. The quantitative estimate of drug-likeness (QED) is 0.582. The van der Waals surface area contributed by atoms with Crippen LogP contribution in [0.5, 0.6) is 0 Å². The number of rotatable bonds is 0. The number of hydrogen-bond acceptors (Lipinski definition) is 2. The molecule has 1 heterocycles. The summed E-state index contributed by atoms with van der Waals surface area (Å²) in [4.78, 5) is 24.8. The molecule has 4 nitrogen and oxygen atoms in total. The van der Waals surface area contributed by atoms with E-state index in [2.05, 4.69) is 5.32 Å². The summed E-state index contributed by atoms with van der Waals surface area (Å²) in [5.74, 6) is -0.170. The molecule has 1 aliphatic heterocycles. The fraction of sp³-hybridized carbons (Fsp3) is 0.778. The van der Waals surface area contributed by atoms with Crippen molar-refractivity contribution in [3.05, 3.63) is 0 Å². The second-order valence-electron chi connectivity index (χ2n) is 4.50. The molecular weight excluding hydrogens is 168 g/mol. The standard InChI is InChI=1S/C9H16N2O2/c1-8(2)7(13)11(5)9(3,4)6(12)10-8/h1-5H3,(H,10,12). The molecule has 0 atom stereocenters. The zero-order chi connectivity index (χ0) is 10.4. The second-order valence-corrected chi connectivity index (χ2v) is 4.50. The predicted molar refractivity (Wildman–Crippen MR) is 49.1 cm³/mol. The first-order chi connectivity index (χ1) is 5.69. The summed E-state index contributed by atoms with van der Waals surface area (Å²) in [5, 5.41) is 2.70. The van der Waals surface area contributed by atoms with E-state index in [9.17, 15) is 9.59 Å². The Bertz CT molecular complexity index is 269. The van der Waals surface area contributed by atoms with Gasteiger partial charge in [-0.2, -0.15) is 0 Å². The van der Waals surface area contributed by atoms with Crippen LogP contribution in [-0.4, -0.2) is 34.8 Å². The van der Waals surface area contributed by atoms with Crippen LogP contribution in [0.25, 0.3) is 0 Å². The zero-order valence-electron chi connectivity index (χ0n) is 8.76. The summed E-state index contributed by atoms with van der Waals surface area (Å²) in [6, 6.07) is 0. The first-order valence-corrected chi connectivity index (χ1v) is 4.30. The fourth-order valence-electron chi connectivity index (χ4n) is 1.32. The fourth-order valence-corrected chi connectivity index (χ4v) is 1.32. The maximum atomic E-state index is 11.7. The molecule has 0 aromatic heterocycles. The van der Waals surface area contributed by atoms with E-state index < -0.39 is 11.1 Å². The second kappa shape index (κ2) is 2.47. The van der Waals surface area contributed by atoms with Crippen molar-refractivity contribution in [1.29, 1.82) is 0 Å². The van der Waals surface area contributed by atoms with Gasteiger partial charge in [-0.15, -0.1) is 0 Å². The van der Waals surface area contributed by atoms with Gasteiger partial charge in [-0.25, -0.2) is 0 Å². The molecule has 1 saturated heterocycles. The maximum Gasteiger partial charge on any atom is 0.248 e. The first kappa shape index (κ1) is 10.0. The summed E-state index contributed by atoms with van der Waals surface area (Å²) in [5.41, 5.74) is -1.52. The van der Waals surface area contributed by atoms with Crippen LogP contribution in [0.15, 0.2) is 0 Å². The number of piperazine rings is 1. The van der Waals surface area contributed by atoms with Crippen LogP contribution in [0, 0.1) is 0 Å². The van der Waals surface area contributed by atoms with Crippen LogP contribution in [0.2, 0.25) is 0 Å². The lowest BCUT2D eigenvalue weighted by Gasteiger charge is -2.45. The van der Waals surface area contributed by atoms with Gasteiger partial charge in [-0.05, 0) is 27.7 Å². The van der Waals surface area contributed by atoms with E-state index in [4.69, 9.17) is 0 Å². The molecule has 1 aliphatic rings. The highest BCUT2D eigenvalue weighted by molar-refractivity contribution is 6.01. The van der Waals surface area contributed by atoms with Crippen LogP contribution >= 0.6 is 0 Å². The normalized spacial score (nSPS) is 25.8. The molecule has 1 fully saturated rings. The topological polar surface area (TPSA) is 49.4 Å². The average Bonchev–Trinajstić information content (AvgIpc) is 1.98. The zero-order valence-corrected chi connectivity index (χ0v) is 8.76. The van der Waals surface area contributed by atoms with Crippen molar-refractivity contribution >= 4 is 11.8 Å². The van der Waals surface area contributed by atoms with Crippen molar-refractivity contribution in [2.45, 2.75) is 38.8 Å². The number of hydrogen-bond donors (Lipinski definition) is 1. The highest BCUT2D eigenvalue weighted by Crippen LogP contribution is 2.23. The molecule has 1 N–H and O–H groups in total. The van der Waals surface area contributed by atoms with E-state index in [1.807, 2.05) is 0 Å². The largest absolute Gasteiger partial charge is 0.340 e. The van der Waals surface area contributed by atoms with E-state index in [1.165, 1.54) is 4.90 Å². The SMILES string of the molecule is CN1C(=O)C(C)(C)NC(=O)C1(C)C. The number of nitrogens with zero attached hydrogens (tertiary/aromatic N) is 1. The molecule has 0 saturated carbocycles.